The van der Waals surface area contributed by atoms with E-state index in [1.807, 2.05) is 73.3 Å². The summed E-state index contributed by atoms with van der Waals surface area (Å²) in [6.07, 6.45) is 0. The van der Waals surface area contributed by atoms with Crippen molar-refractivity contribution in [2.24, 2.45) is 0 Å². The van der Waals surface area contributed by atoms with E-state index in [4.69, 9.17) is 9.90 Å². The summed E-state index contributed by atoms with van der Waals surface area (Å²) in [7, 11) is -2.92. The van der Waals surface area contributed by atoms with Crippen molar-refractivity contribution < 1.29 is 14.0 Å². The number of hydrogen-bond acceptors (Lipinski definition) is 2. The molecule has 0 spiro atoms. The lowest BCUT2D eigenvalue weighted by molar-refractivity contribution is 0.669. The average molecular weight is 755 g/mol. The van der Waals surface area contributed by atoms with Gasteiger partial charge in [-0.2, -0.15) is 0 Å². The van der Waals surface area contributed by atoms with Crippen molar-refractivity contribution in [3.63, 3.8) is 0 Å². The Bertz CT molecular complexity index is 3340. The first kappa shape index (κ1) is 27.6. The molecule has 0 fully saturated rings. The van der Waals surface area contributed by atoms with E-state index in [0.29, 0.717) is 11.4 Å². The minimum atomic E-state index is -2.92. The van der Waals surface area contributed by atoms with E-state index in [-0.39, 0.29) is 34.6 Å². The van der Waals surface area contributed by atoms with Gasteiger partial charge in [-0.15, -0.1) is 0 Å². The number of furan rings is 1. The van der Waals surface area contributed by atoms with Crippen LogP contribution >= 0.6 is 0 Å². The fraction of sp³-hybridized carbons (Fsp3) is 0.0370. The molecule has 0 unspecified atom stereocenters. The van der Waals surface area contributed by atoms with Crippen LogP contribution < -0.4 is 25.6 Å². The third kappa shape index (κ3) is 5.96. The Labute approximate surface area is 344 Å². The Morgan fingerprint density at radius 1 is 0.474 bits per heavy atom. The molecule has 0 aliphatic carbocycles. The van der Waals surface area contributed by atoms with Gasteiger partial charge in [0, 0.05) is 27.8 Å². The lowest BCUT2D eigenvalue weighted by Crippen LogP contribution is -2.74. The summed E-state index contributed by atoms with van der Waals surface area (Å²) < 4.78 is 69.3. The van der Waals surface area contributed by atoms with Crippen LogP contribution in [0.5, 0.6) is 0 Å². The molecule has 10 aromatic rings. The Kier molecular flexibility index (Phi) is 6.92. The van der Waals surface area contributed by atoms with Crippen LogP contribution in [0.15, 0.2) is 217 Å². The molecule has 2 nitrogen and oxygen atoms in total. The van der Waals surface area contributed by atoms with Crippen molar-refractivity contribution in [2.45, 2.75) is 13.8 Å². The summed E-state index contributed by atoms with van der Waals surface area (Å²) in [5.74, 6) is 0. The Morgan fingerprint density at radius 2 is 1.05 bits per heavy atom. The highest BCUT2D eigenvalue weighted by Gasteiger charge is 2.41. The van der Waals surface area contributed by atoms with Crippen LogP contribution in [-0.2, 0) is 0 Å². The highest BCUT2D eigenvalue weighted by atomic mass is 28.3. The SMILES string of the molecule is [2H]c1c([2H])c([2H])c2c([2H])c(N(c3ccc([Si](c4ccccc4)(c4ccccc4)c4ccccc4)cc3)c3cc(C)c(-c4ccc5c(c4)oc4ccccc45)cc3C)c([2H])c([2H])c2c1[2H]. The number of benzene rings is 9. The van der Waals surface area contributed by atoms with Crippen LogP contribution in [0.3, 0.4) is 0 Å². The quantitative estimate of drug-likeness (QED) is 0.113. The van der Waals surface area contributed by atoms with E-state index >= 15 is 0 Å². The molecule has 10 rings (SSSR count). The smallest absolute Gasteiger partial charge is 0.179 e. The van der Waals surface area contributed by atoms with Crippen molar-refractivity contribution in [1.29, 1.82) is 0 Å². The van der Waals surface area contributed by atoms with Gasteiger partial charge >= 0.3 is 0 Å². The zero-order valence-corrected chi connectivity index (χ0v) is 32.5. The minimum Gasteiger partial charge on any atom is -0.456 e. The van der Waals surface area contributed by atoms with Crippen LogP contribution in [0.25, 0.3) is 43.8 Å². The van der Waals surface area contributed by atoms with Gasteiger partial charge in [-0.1, -0.05) is 158 Å². The third-order valence-electron chi connectivity index (χ3n) is 11.1. The zero-order chi connectivity index (χ0) is 44.4. The maximum absolute atomic E-state index is 9.72. The van der Waals surface area contributed by atoms with Crippen molar-refractivity contribution >= 4 is 78.6 Å². The summed E-state index contributed by atoms with van der Waals surface area (Å²) in [4.78, 5) is 1.82. The summed E-state index contributed by atoms with van der Waals surface area (Å²) >= 11 is 0. The average Bonchev–Trinajstić information content (AvgIpc) is 3.70. The lowest BCUT2D eigenvalue weighted by atomic mass is 9.95. The normalized spacial score (nSPS) is 13.4. The highest BCUT2D eigenvalue weighted by Crippen LogP contribution is 2.41. The Balaban J connectivity index is 1.21. The summed E-state index contributed by atoms with van der Waals surface area (Å²) in [5, 5.41) is 6.60. The number of aryl methyl sites for hydroxylation is 2. The molecular weight excluding hydrogens is 707 g/mol. The van der Waals surface area contributed by atoms with Crippen LogP contribution in [0.2, 0.25) is 0 Å². The first-order chi connectivity index (χ1) is 31.0. The van der Waals surface area contributed by atoms with E-state index in [1.54, 1.807) is 0 Å². The summed E-state index contributed by atoms with van der Waals surface area (Å²) in [6.45, 7) is 4.01. The van der Waals surface area contributed by atoms with E-state index in [9.17, 15) is 4.11 Å². The molecule has 3 heteroatoms. The maximum atomic E-state index is 9.72. The molecular formula is C54H41NOSi. The van der Waals surface area contributed by atoms with Crippen molar-refractivity contribution in [2.75, 3.05) is 4.90 Å². The van der Waals surface area contributed by atoms with Crippen LogP contribution in [0.4, 0.5) is 17.1 Å². The fourth-order valence-corrected chi connectivity index (χ4v) is 13.2. The third-order valence-corrected chi connectivity index (χ3v) is 15.9. The molecule has 0 aliphatic heterocycles. The first-order valence-corrected chi connectivity index (χ1v) is 21.1. The molecule has 0 aliphatic rings. The molecule has 0 radical (unpaired) electrons. The van der Waals surface area contributed by atoms with Crippen LogP contribution in [0, 0.1) is 13.8 Å². The molecule has 0 saturated carbocycles. The Morgan fingerprint density at radius 3 is 1.72 bits per heavy atom. The number of fused-ring (bicyclic) bond motifs is 4. The van der Waals surface area contributed by atoms with Gasteiger partial charge in [0.25, 0.3) is 0 Å². The maximum Gasteiger partial charge on any atom is 0.179 e. The van der Waals surface area contributed by atoms with E-state index in [2.05, 4.69) is 115 Å². The summed E-state index contributed by atoms with van der Waals surface area (Å²) in [6, 6.07) is 55.7. The molecule has 9 aromatic carbocycles. The van der Waals surface area contributed by atoms with Crippen molar-refractivity contribution in [3.05, 3.63) is 223 Å². The molecule has 1 aromatic heterocycles. The van der Waals surface area contributed by atoms with Gasteiger partial charge < -0.3 is 9.32 Å². The second kappa shape index (κ2) is 14.3. The second-order valence-electron chi connectivity index (χ2n) is 14.5. The highest BCUT2D eigenvalue weighted by molar-refractivity contribution is 7.19. The predicted octanol–water partition coefficient (Wildman–Crippen LogP) is 11.9. The Hall–Kier alpha value is -6.94. The van der Waals surface area contributed by atoms with E-state index in [1.165, 1.54) is 15.6 Å². The van der Waals surface area contributed by atoms with E-state index < -0.39 is 32.2 Å². The van der Waals surface area contributed by atoms with Crippen LogP contribution in [0.1, 0.15) is 20.7 Å². The molecule has 0 N–H and O–H groups in total. The summed E-state index contributed by atoms with van der Waals surface area (Å²) in [5.41, 5.74) is 6.65. The van der Waals surface area contributed by atoms with Gasteiger partial charge in [0.1, 0.15) is 11.2 Å². The van der Waals surface area contributed by atoms with Gasteiger partial charge in [0.15, 0.2) is 8.07 Å². The number of hydrogen-bond donors (Lipinski definition) is 0. The first-order valence-electron chi connectivity index (χ1n) is 22.6. The molecule has 0 amide bonds. The molecule has 0 saturated heterocycles. The van der Waals surface area contributed by atoms with Gasteiger partial charge in [0.2, 0.25) is 0 Å². The zero-order valence-electron chi connectivity index (χ0n) is 38.5. The van der Waals surface area contributed by atoms with Crippen LogP contribution in [-0.4, -0.2) is 8.07 Å². The molecule has 0 atom stereocenters. The molecule has 0 bridgehead atoms. The second-order valence-corrected chi connectivity index (χ2v) is 18.3. The predicted molar refractivity (Wildman–Crippen MR) is 244 cm³/mol. The minimum absolute atomic E-state index is 0.0481. The number of rotatable bonds is 8. The number of para-hydroxylation sites is 1. The topological polar surface area (TPSA) is 16.4 Å². The van der Waals surface area contributed by atoms with Crippen molar-refractivity contribution in [1.82, 2.24) is 0 Å². The number of anilines is 3. The largest absolute Gasteiger partial charge is 0.456 e. The van der Waals surface area contributed by atoms with Gasteiger partial charge in [0.05, 0.1) is 9.60 Å². The van der Waals surface area contributed by atoms with Crippen molar-refractivity contribution in [3.8, 4) is 11.1 Å². The molecule has 272 valence electrons. The van der Waals surface area contributed by atoms with Gasteiger partial charge in [-0.3, -0.25) is 0 Å². The molecule has 57 heavy (non-hydrogen) atoms. The monoisotopic (exact) mass is 754 g/mol. The lowest BCUT2D eigenvalue weighted by Gasteiger charge is -2.35. The van der Waals surface area contributed by atoms with E-state index in [0.717, 1.165) is 49.4 Å². The molecule has 1 heterocycles. The van der Waals surface area contributed by atoms with Gasteiger partial charge in [-0.25, -0.2) is 0 Å². The number of nitrogens with zero attached hydrogens (tertiary/aromatic N) is 1. The van der Waals surface area contributed by atoms with Gasteiger partial charge in [-0.05, 0) is 122 Å². The fourth-order valence-electron chi connectivity index (χ4n) is 8.44. The standard InChI is InChI=1S/C54H41NOSi/c1-38-35-52(39(2)34-51(38)42-27-33-50-49-24-14-15-25-53(49)56-54(50)37-42)55(44-28-26-40-16-12-13-17-41(40)36-44)43-29-31-48(32-30-43)57(45-18-6-3-7-19-45,46-20-8-4-9-21-46)47-22-10-5-11-23-47/h3-37H,1-2H3/i12D,13D,16D,17D,26D,28D,36D.